The van der Waals surface area contributed by atoms with E-state index >= 15 is 0 Å². The third kappa shape index (κ3) is 5.40. The molecule has 1 nitrogen and oxygen atoms in total. The van der Waals surface area contributed by atoms with E-state index in [-0.39, 0.29) is 5.41 Å². The van der Waals surface area contributed by atoms with Gasteiger partial charge in [0.05, 0.1) is 17.8 Å². The summed E-state index contributed by atoms with van der Waals surface area (Å²) in [5.74, 6) is 0.982. The largest absolute Gasteiger partial charge is 0.498 e. The van der Waals surface area contributed by atoms with Crippen LogP contribution in [0.25, 0.3) is 0 Å². The Balaban J connectivity index is 3.34. The SMILES string of the molecule is C=C(OCC)C(CCCC)(CCCC)c1ccccc1CCCC. The summed E-state index contributed by atoms with van der Waals surface area (Å²) in [4.78, 5) is 0. The minimum absolute atomic E-state index is 0.0215. The van der Waals surface area contributed by atoms with Crippen LogP contribution in [0.1, 0.15) is 90.2 Å². The van der Waals surface area contributed by atoms with Crippen LogP contribution in [0.3, 0.4) is 0 Å². The summed E-state index contributed by atoms with van der Waals surface area (Å²) in [7, 11) is 0. The molecule has 0 spiro atoms. The first-order valence-electron chi connectivity index (χ1n) is 10.1. The molecule has 1 rings (SSSR count). The molecule has 0 heterocycles. The second kappa shape index (κ2) is 11.3. The number of aryl methyl sites for hydroxylation is 1. The average molecular weight is 331 g/mol. The Kier molecular flexibility index (Phi) is 9.83. The third-order valence-corrected chi connectivity index (χ3v) is 5.10. The summed E-state index contributed by atoms with van der Waals surface area (Å²) in [6, 6.07) is 9.02. The summed E-state index contributed by atoms with van der Waals surface area (Å²) in [6.07, 6.45) is 10.8. The lowest BCUT2D eigenvalue weighted by Gasteiger charge is -2.37. The minimum atomic E-state index is -0.0215. The van der Waals surface area contributed by atoms with Crippen LogP contribution in [0.2, 0.25) is 0 Å². The van der Waals surface area contributed by atoms with Gasteiger partial charge in [0.2, 0.25) is 0 Å². The average Bonchev–Trinajstić information content (AvgIpc) is 2.61. The van der Waals surface area contributed by atoms with Crippen molar-refractivity contribution < 1.29 is 4.74 Å². The van der Waals surface area contributed by atoms with Crippen molar-refractivity contribution in [3.63, 3.8) is 0 Å². The maximum absolute atomic E-state index is 6.02. The zero-order chi connectivity index (χ0) is 17.8. The van der Waals surface area contributed by atoms with Gasteiger partial charge in [0.15, 0.2) is 0 Å². The zero-order valence-electron chi connectivity index (χ0n) is 16.5. The Labute approximate surface area is 150 Å². The lowest BCUT2D eigenvalue weighted by Crippen LogP contribution is -2.31. The minimum Gasteiger partial charge on any atom is -0.498 e. The van der Waals surface area contributed by atoms with Gasteiger partial charge in [0.1, 0.15) is 0 Å². The molecular formula is C23H38O. The molecule has 0 saturated heterocycles. The Morgan fingerprint density at radius 1 is 0.917 bits per heavy atom. The van der Waals surface area contributed by atoms with Crippen molar-refractivity contribution >= 4 is 0 Å². The monoisotopic (exact) mass is 330 g/mol. The van der Waals surface area contributed by atoms with Gasteiger partial charge in [-0.25, -0.2) is 0 Å². The number of ether oxygens (including phenoxy) is 1. The Bertz CT molecular complexity index is 467. The van der Waals surface area contributed by atoms with Crippen LogP contribution in [-0.2, 0) is 16.6 Å². The molecule has 0 aromatic heterocycles. The van der Waals surface area contributed by atoms with Gasteiger partial charge < -0.3 is 4.74 Å². The molecule has 136 valence electrons. The zero-order valence-corrected chi connectivity index (χ0v) is 16.5. The van der Waals surface area contributed by atoms with E-state index in [9.17, 15) is 0 Å². The van der Waals surface area contributed by atoms with Gasteiger partial charge in [-0.3, -0.25) is 0 Å². The van der Waals surface area contributed by atoms with E-state index < -0.39 is 0 Å². The molecular weight excluding hydrogens is 292 g/mol. The van der Waals surface area contributed by atoms with Crippen molar-refractivity contribution in [2.75, 3.05) is 6.61 Å². The summed E-state index contributed by atoms with van der Waals surface area (Å²) in [5.41, 5.74) is 2.94. The predicted octanol–water partition coefficient (Wildman–Crippen LogP) is 7.20. The van der Waals surface area contributed by atoms with Gasteiger partial charge in [0.25, 0.3) is 0 Å². The summed E-state index contributed by atoms with van der Waals surface area (Å²) in [6.45, 7) is 14.0. The molecule has 0 N–H and O–H groups in total. The molecule has 1 heteroatoms. The van der Waals surface area contributed by atoms with Crippen molar-refractivity contribution in [1.82, 2.24) is 0 Å². The van der Waals surface area contributed by atoms with Crippen molar-refractivity contribution in [3.8, 4) is 0 Å². The Morgan fingerprint density at radius 3 is 2.04 bits per heavy atom. The fourth-order valence-corrected chi connectivity index (χ4v) is 3.67. The molecule has 0 amide bonds. The van der Waals surface area contributed by atoms with Crippen LogP contribution in [0.15, 0.2) is 36.6 Å². The topological polar surface area (TPSA) is 9.23 Å². The van der Waals surface area contributed by atoms with E-state index in [1.165, 1.54) is 49.7 Å². The first-order valence-corrected chi connectivity index (χ1v) is 10.1. The quantitative estimate of drug-likeness (QED) is 0.347. The van der Waals surface area contributed by atoms with Gasteiger partial charge in [-0.1, -0.05) is 83.7 Å². The smallest absolute Gasteiger partial charge is 0.0993 e. The molecule has 0 aliphatic carbocycles. The van der Waals surface area contributed by atoms with Crippen molar-refractivity contribution in [3.05, 3.63) is 47.7 Å². The van der Waals surface area contributed by atoms with Crippen LogP contribution in [-0.4, -0.2) is 6.61 Å². The highest BCUT2D eigenvalue weighted by molar-refractivity contribution is 5.40. The number of rotatable bonds is 13. The van der Waals surface area contributed by atoms with Crippen molar-refractivity contribution in [2.45, 2.75) is 90.9 Å². The number of unbranched alkanes of at least 4 members (excludes halogenated alkanes) is 3. The van der Waals surface area contributed by atoms with Gasteiger partial charge in [-0.15, -0.1) is 0 Å². The number of hydrogen-bond donors (Lipinski definition) is 0. The van der Waals surface area contributed by atoms with Crippen LogP contribution < -0.4 is 0 Å². The molecule has 24 heavy (non-hydrogen) atoms. The molecule has 0 aliphatic rings. The van der Waals surface area contributed by atoms with E-state index in [0.29, 0.717) is 6.61 Å². The van der Waals surface area contributed by atoms with Crippen LogP contribution >= 0.6 is 0 Å². The molecule has 0 aliphatic heterocycles. The first kappa shape index (κ1) is 20.8. The van der Waals surface area contributed by atoms with Crippen molar-refractivity contribution in [2.24, 2.45) is 0 Å². The Hall–Kier alpha value is -1.24. The lowest BCUT2D eigenvalue weighted by atomic mass is 9.69. The van der Waals surface area contributed by atoms with Crippen molar-refractivity contribution in [1.29, 1.82) is 0 Å². The van der Waals surface area contributed by atoms with Gasteiger partial charge >= 0.3 is 0 Å². The number of allylic oxidation sites excluding steroid dienone is 1. The highest BCUT2D eigenvalue weighted by Gasteiger charge is 2.37. The van der Waals surface area contributed by atoms with Gasteiger partial charge in [-0.2, -0.15) is 0 Å². The lowest BCUT2D eigenvalue weighted by molar-refractivity contribution is 0.160. The molecule has 0 bridgehead atoms. The molecule has 1 aromatic rings. The summed E-state index contributed by atoms with van der Waals surface area (Å²) >= 11 is 0. The first-order chi connectivity index (χ1) is 11.7. The molecule has 0 unspecified atom stereocenters. The van der Waals surface area contributed by atoms with E-state index in [1.807, 2.05) is 0 Å². The highest BCUT2D eigenvalue weighted by atomic mass is 16.5. The molecule has 0 fully saturated rings. The molecule has 0 atom stereocenters. The summed E-state index contributed by atoms with van der Waals surface area (Å²) in [5, 5.41) is 0. The maximum atomic E-state index is 6.02. The third-order valence-electron chi connectivity index (χ3n) is 5.10. The molecule has 0 radical (unpaired) electrons. The van der Waals surface area contributed by atoms with Gasteiger partial charge in [0, 0.05) is 0 Å². The van der Waals surface area contributed by atoms with E-state index in [1.54, 1.807) is 0 Å². The van der Waals surface area contributed by atoms with E-state index in [2.05, 4.69) is 58.5 Å². The fourth-order valence-electron chi connectivity index (χ4n) is 3.67. The van der Waals surface area contributed by atoms with Crippen LogP contribution in [0.4, 0.5) is 0 Å². The highest BCUT2D eigenvalue weighted by Crippen LogP contribution is 2.43. The van der Waals surface area contributed by atoms with Gasteiger partial charge in [-0.05, 0) is 43.7 Å². The van der Waals surface area contributed by atoms with Crippen LogP contribution in [0, 0.1) is 0 Å². The van der Waals surface area contributed by atoms with Crippen LogP contribution in [0.5, 0.6) is 0 Å². The molecule has 1 aromatic carbocycles. The number of hydrogen-bond acceptors (Lipinski definition) is 1. The number of benzene rings is 1. The standard InChI is InChI=1S/C23H38O/c1-6-10-15-21-16-13-14-17-22(21)23(18-11-7-2,19-12-8-3)20(5)24-9-4/h13-14,16-17H,5-12,15,18-19H2,1-4H3. The summed E-state index contributed by atoms with van der Waals surface area (Å²) < 4.78 is 6.02. The van der Waals surface area contributed by atoms with E-state index in [0.717, 1.165) is 25.0 Å². The maximum Gasteiger partial charge on any atom is 0.0993 e. The fraction of sp³-hybridized carbons (Fsp3) is 0.652. The molecule has 0 saturated carbocycles. The predicted molar refractivity (Wildman–Crippen MR) is 107 cm³/mol. The van der Waals surface area contributed by atoms with E-state index in [4.69, 9.17) is 4.74 Å². The Morgan fingerprint density at radius 2 is 1.50 bits per heavy atom. The normalized spacial score (nSPS) is 11.5. The second-order valence-corrected chi connectivity index (χ2v) is 6.91. The second-order valence-electron chi connectivity index (χ2n) is 6.91.